The van der Waals surface area contributed by atoms with Crippen LogP contribution in [0.3, 0.4) is 0 Å². The Bertz CT molecular complexity index is 1090. The van der Waals surface area contributed by atoms with Crippen LogP contribution < -0.4 is 10.0 Å². The maximum absolute atomic E-state index is 12.7. The highest BCUT2D eigenvalue weighted by Crippen LogP contribution is 2.20. The molecule has 0 aliphatic rings. The van der Waals surface area contributed by atoms with E-state index in [0.717, 1.165) is 30.5 Å². The van der Waals surface area contributed by atoms with E-state index in [1.54, 1.807) is 37.6 Å². The Morgan fingerprint density at radius 2 is 1.83 bits per heavy atom. The van der Waals surface area contributed by atoms with Gasteiger partial charge in [-0.25, -0.2) is 13.4 Å². The topological polar surface area (TPSA) is 93.1 Å². The number of imidazole rings is 1. The number of carbonyl (C=O) groups is 1. The van der Waals surface area contributed by atoms with Crippen molar-refractivity contribution < 1.29 is 13.2 Å². The minimum atomic E-state index is -3.79. The number of unbranched alkanes of at least 4 members (excludes halogenated alkanes) is 1. The van der Waals surface area contributed by atoms with E-state index in [1.807, 2.05) is 29.8 Å². The number of aryl methyl sites for hydroxylation is 3. The van der Waals surface area contributed by atoms with Gasteiger partial charge in [0.2, 0.25) is 0 Å². The molecule has 3 rings (SSSR count). The molecule has 3 aromatic rings. The number of amides is 1. The van der Waals surface area contributed by atoms with Crippen LogP contribution in [0.5, 0.6) is 0 Å². The van der Waals surface area contributed by atoms with Crippen molar-refractivity contribution in [3.63, 3.8) is 0 Å². The van der Waals surface area contributed by atoms with Crippen LogP contribution >= 0.6 is 0 Å². The number of hydrogen-bond donors (Lipinski definition) is 2. The average molecular weight is 427 g/mol. The summed E-state index contributed by atoms with van der Waals surface area (Å²) >= 11 is 0. The second kappa shape index (κ2) is 9.58. The smallest absolute Gasteiger partial charge is 0.261 e. The molecule has 2 aromatic carbocycles. The third kappa shape index (κ3) is 5.70. The molecular formula is C22H26N4O3S. The molecule has 0 saturated heterocycles. The molecule has 30 heavy (non-hydrogen) atoms. The third-order valence-electron chi connectivity index (χ3n) is 4.76. The van der Waals surface area contributed by atoms with Crippen molar-refractivity contribution in [2.45, 2.75) is 38.1 Å². The van der Waals surface area contributed by atoms with E-state index >= 15 is 0 Å². The predicted octanol–water partition coefficient (Wildman–Crippen LogP) is 3.51. The SMILES string of the molecule is Cc1ccc(NS(=O)(=O)c2ccc(C)c(C(=O)NCCCCn3ccnc3)c2)cc1. The van der Waals surface area contributed by atoms with Crippen LogP contribution in [-0.2, 0) is 16.6 Å². The molecule has 0 spiro atoms. The summed E-state index contributed by atoms with van der Waals surface area (Å²) in [6.45, 7) is 5.08. The number of hydrogen-bond acceptors (Lipinski definition) is 4. The van der Waals surface area contributed by atoms with Gasteiger partial charge in [-0.15, -0.1) is 0 Å². The first kappa shape index (κ1) is 21.6. The Kier molecular flexibility index (Phi) is 6.89. The van der Waals surface area contributed by atoms with Gasteiger partial charge < -0.3 is 9.88 Å². The van der Waals surface area contributed by atoms with E-state index in [4.69, 9.17) is 0 Å². The monoisotopic (exact) mass is 426 g/mol. The Balaban J connectivity index is 1.61. The molecule has 0 radical (unpaired) electrons. The lowest BCUT2D eigenvalue weighted by Gasteiger charge is -2.12. The van der Waals surface area contributed by atoms with Gasteiger partial charge in [0.1, 0.15) is 0 Å². The number of benzene rings is 2. The lowest BCUT2D eigenvalue weighted by atomic mass is 10.1. The zero-order valence-corrected chi connectivity index (χ0v) is 17.9. The fourth-order valence-corrected chi connectivity index (χ4v) is 4.07. The number of rotatable bonds is 9. The summed E-state index contributed by atoms with van der Waals surface area (Å²) in [5.74, 6) is -0.275. The van der Waals surface area contributed by atoms with Crippen LogP contribution in [-0.4, -0.2) is 30.4 Å². The first-order valence-electron chi connectivity index (χ1n) is 9.79. The average Bonchev–Trinajstić information content (AvgIpc) is 3.23. The highest BCUT2D eigenvalue weighted by atomic mass is 32.2. The lowest BCUT2D eigenvalue weighted by Crippen LogP contribution is -2.26. The number of nitrogens with zero attached hydrogens (tertiary/aromatic N) is 2. The van der Waals surface area contributed by atoms with Crippen molar-refractivity contribution in [2.24, 2.45) is 0 Å². The third-order valence-corrected chi connectivity index (χ3v) is 6.13. The molecule has 0 saturated carbocycles. The summed E-state index contributed by atoms with van der Waals surface area (Å²) in [6, 6.07) is 11.7. The van der Waals surface area contributed by atoms with Gasteiger partial charge in [0.25, 0.3) is 15.9 Å². The van der Waals surface area contributed by atoms with Gasteiger partial charge in [-0.05, 0) is 56.5 Å². The Morgan fingerprint density at radius 1 is 1.07 bits per heavy atom. The zero-order valence-electron chi connectivity index (χ0n) is 17.1. The summed E-state index contributed by atoms with van der Waals surface area (Å²) in [5.41, 5.74) is 2.60. The van der Waals surface area contributed by atoms with Crippen LogP contribution in [0.4, 0.5) is 5.69 Å². The number of anilines is 1. The molecule has 0 aliphatic carbocycles. The van der Waals surface area contributed by atoms with E-state index in [2.05, 4.69) is 15.0 Å². The molecule has 1 heterocycles. The van der Waals surface area contributed by atoms with Crippen LogP contribution in [0, 0.1) is 13.8 Å². The lowest BCUT2D eigenvalue weighted by molar-refractivity contribution is 0.0952. The van der Waals surface area contributed by atoms with E-state index < -0.39 is 10.0 Å². The zero-order chi connectivity index (χ0) is 21.6. The number of nitrogens with one attached hydrogen (secondary N) is 2. The first-order chi connectivity index (χ1) is 14.3. The molecule has 0 unspecified atom stereocenters. The molecule has 0 atom stereocenters. The van der Waals surface area contributed by atoms with Crippen molar-refractivity contribution in [1.82, 2.24) is 14.9 Å². The second-order valence-corrected chi connectivity index (χ2v) is 8.89. The molecule has 158 valence electrons. The van der Waals surface area contributed by atoms with Crippen LogP contribution in [0.15, 0.2) is 66.1 Å². The molecule has 8 heteroatoms. The van der Waals surface area contributed by atoms with Gasteiger partial charge >= 0.3 is 0 Å². The van der Waals surface area contributed by atoms with Crippen LogP contribution in [0.25, 0.3) is 0 Å². The summed E-state index contributed by atoms with van der Waals surface area (Å²) in [7, 11) is -3.79. The summed E-state index contributed by atoms with van der Waals surface area (Å²) in [5, 5.41) is 2.88. The van der Waals surface area contributed by atoms with Crippen LogP contribution in [0.2, 0.25) is 0 Å². The quantitative estimate of drug-likeness (QED) is 0.512. The van der Waals surface area contributed by atoms with Gasteiger partial charge in [0.05, 0.1) is 11.2 Å². The van der Waals surface area contributed by atoms with Gasteiger partial charge in [-0.3, -0.25) is 9.52 Å². The Morgan fingerprint density at radius 3 is 2.53 bits per heavy atom. The molecule has 0 fully saturated rings. The van der Waals surface area contributed by atoms with Crippen molar-refractivity contribution in [3.05, 3.63) is 77.9 Å². The van der Waals surface area contributed by atoms with E-state index in [1.165, 1.54) is 12.1 Å². The van der Waals surface area contributed by atoms with Crippen molar-refractivity contribution in [2.75, 3.05) is 11.3 Å². The fraction of sp³-hybridized carbons (Fsp3) is 0.273. The fourth-order valence-electron chi connectivity index (χ4n) is 2.98. The standard InChI is InChI=1S/C22H26N4O3S/c1-17-5-8-19(9-6-17)25-30(28,29)20-10-7-18(2)21(15-20)22(27)24-11-3-4-13-26-14-12-23-16-26/h5-10,12,14-16,25H,3-4,11,13H2,1-2H3,(H,24,27). The maximum Gasteiger partial charge on any atom is 0.261 e. The minimum Gasteiger partial charge on any atom is -0.352 e. The minimum absolute atomic E-state index is 0.0546. The molecule has 1 aromatic heterocycles. The molecule has 7 nitrogen and oxygen atoms in total. The number of aromatic nitrogens is 2. The normalized spacial score (nSPS) is 11.3. The molecule has 0 aliphatic heterocycles. The van der Waals surface area contributed by atoms with Crippen molar-refractivity contribution in [1.29, 1.82) is 0 Å². The first-order valence-corrected chi connectivity index (χ1v) is 11.3. The van der Waals surface area contributed by atoms with Gasteiger partial charge in [-0.2, -0.15) is 0 Å². The summed E-state index contributed by atoms with van der Waals surface area (Å²) in [6.07, 6.45) is 7.12. The maximum atomic E-state index is 12.7. The second-order valence-electron chi connectivity index (χ2n) is 7.21. The molecule has 2 N–H and O–H groups in total. The van der Waals surface area contributed by atoms with Crippen molar-refractivity contribution in [3.8, 4) is 0 Å². The molecule has 0 bridgehead atoms. The van der Waals surface area contributed by atoms with Crippen LogP contribution in [0.1, 0.15) is 34.3 Å². The van der Waals surface area contributed by atoms with E-state index in [-0.39, 0.29) is 10.8 Å². The largest absolute Gasteiger partial charge is 0.352 e. The van der Waals surface area contributed by atoms with Gasteiger partial charge in [0, 0.05) is 36.7 Å². The highest BCUT2D eigenvalue weighted by Gasteiger charge is 2.18. The van der Waals surface area contributed by atoms with Gasteiger partial charge in [-0.1, -0.05) is 23.8 Å². The molecule has 1 amide bonds. The Labute approximate surface area is 177 Å². The number of carbonyl (C=O) groups excluding carboxylic acids is 1. The summed E-state index contributed by atoms with van der Waals surface area (Å²) < 4.78 is 30.0. The van der Waals surface area contributed by atoms with E-state index in [9.17, 15) is 13.2 Å². The predicted molar refractivity (Wildman–Crippen MR) is 117 cm³/mol. The van der Waals surface area contributed by atoms with E-state index in [0.29, 0.717) is 17.8 Å². The number of sulfonamides is 1. The summed E-state index contributed by atoms with van der Waals surface area (Å²) in [4.78, 5) is 16.6. The van der Waals surface area contributed by atoms with Crippen molar-refractivity contribution >= 4 is 21.6 Å². The highest BCUT2D eigenvalue weighted by molar-refractivity contribution is 7.92. The van der Waals surface area contributed by atoms with Gasteiger partial charge in [0.15, 0.2) is 0 Å². The molecular weight excluding hydrogens is 400 g/mol. The Hall–Kier alpha value is -3.13.